The van der Waals surface area contributed by atoms with Gasteiger partial charge in [0.15, 0.2) is 5.72 Å². The number of benzene rings is 2. The van der Waals surface area contributed by atoms with E-state index in [1.165, 1.54) is 0 Å². The first-order valence-electron chi connectivity index (χ1n) is 7.54. The van der Waals surface area contributed by atoms with Gasteiger partial charge in [-0.2, -0.15) is 0 Å². The summed E-state index contributed by atoms with van der Waals surface area (Å²) >= 11 is 5.01. The first-order valence-corrected chi connectivity index (χ1v) is 9.15. The maximum atomic E-state index is 13.0. The quantitative estimate of drug-likeness (QED) is 0.710. The highest BCUT2D eigenvalue weighted by Crippen LogP contribution is 2.43. The molecule has 1 N–H and O–H groups in total. The topological polar surface area (TPSA) is 40.5 Å². The molecule has 4 rings (SSSR count). The van der Waals surface area contributed by atoms with Crippen molar-refractivity contribution < 1.29 is 9.90 Å². The van der Waals surface area contributed by atoms with E-state index in [0.29, 0.717) is 23.2 Å². The highest BCUT2D eigenvalue weighted by atomic mass is 79.9. The average molecular weight is 400 g/mol. The molecule has 0 saturated carbocycles. The summed E-state index contributed by atoms with van der Waals surface area (Å²) in [6.45, 7) is 0.356. The molecule has 1 aliphatic rings. The predicted molar refractivity (Wildman–Crippen MR) is 97.8 cm³/mol. The van der Waals surface area contributed by atoms with Crippen LogP contribution in [-0.2, 0) is 12.3 Å². The van der Waals surface area contributed by atoms with Crippen molar-refractivity contribution in [1.82, 2.24) is 4.90 Å². The molecular formula is C19H14BrNO2S. The molecule has 3 aromatic rings. The molecule has 0 unspecified atom stereocenters. The van der Waals surface area contributed by atoms with Crippen LogP contribution in [0.1, 0.15) is 26.4 Å². The number of halogens is 1. The Morgan fingerprint density at radius 1 is 1.00 bits per heavy atom. The highest BCUT2D eigenvalue weighted by Gasteiger charge is 2.49. The van der Waals surface area contributed by atoms with Gasteiger partial charge in [0.2, 0.25) is 0 Å². The second-order valence-electron chi connectivity index (χ2n) is 5.68. The van der Waals surface area contributed by atoms with E-state index < -0.39 is 5.72 Å². The lowest BCUT2D eigenvalue weighted by Crippen LogP contribution is -2.44. The minimum atomic E-state index is -1.45. The van der Waals surface area contributed by atoms with Crippen molar-refractivity contribution in [3.8, 4) is 0 Å². The Labute approximate surface area is 152 Å². The zero-order chi connectivity index (χ0) is 16.7. The third kappa shape index (κ3) is 2.32. The van der Waals surface area contributed by atoms with Gasteiger partial charge in [-0.1, -0.05) is 48.5 Å². The third-order valence-electron chi connectivity index (χ3n) is 4.29. The summed E-state index contributed by atoms with van der Waals surface area (Å²) in [7, 11) is 0. The summed E-state index contributed by atoms with van der Waals surface area (Å²) in [5.41, 5.74) is 0.431. The Hall–Kier alpha value is -1.95. The van der Waals surface area contributed by atoms with E-state index in [-0.39, 0.29) is 5.91 Å². The largest absolute Gasteiger partial charge is 0.363 e. The number of fused-ring (bicyclic) bond motifs is 1. The molecule has 1 aromatic heterocycles. The van der Waals surface area contributed by atoms with Crippen LogP contribution in [0.15, 0.2) is 70.5 Å². The second-order valence-corrected chi connectivity index (χ2v) is 8.23. The lowest BCUT2D eigenvalue weighted by Gasteiger charge is -2.34. The van der Waals surface area contributed by atoms with Crippen LogP contribution < -0.4 is 0 Å². The molecule has 0 saturated heterocycles. The van der Waals surface area contributed by atoms with Crippen LogP contribution in [-0.4, -0.2) is 15.9 Å². The van der Waals surface area contributed by atoms with Crippen molar-refractivity contribution in [2.45, 2.75) is 12.3 Å². The van der Waals surface area contributed by atoms with E-state index in [4.69, 9.17) is 0 Å². The second kappa shape index (κ2) is 5.84. The minimum absolute atomic E-state index is 0.151. The summed E-state index contributed by atoms with van der Waals surface area (Å²) in [4.78, 5) is 15.5. The Morgan fingerprint density at radius 3 is 2.42 bits per heavy atom. The molecule has 0 spiro atoms. The molecule has 24 heavy (non-hydrogen) atoms. The Bertz CT molecular complexity index is 908. The number of hydrogen-bond acceptors (Lipinski definition) is 3. The number of nitrogens with zero attached hydrogens (tertiary/aromatic N) is 1. The van der Waals surface area contributed by atoms with Gasteiger partial charge in [0.05, 0.1) is 10.3 Å². The molecule has 0 radical (unpaired) electrons. The average Bonchev–Trinajstić information content (AvgIpc) is 3.12. The number of carbonyl (C=O) groups excluding carboxylic acids is 1. The fourth-order valence-corrected chi connectivity index (χ4v) is 4.64. The van der Waals surface area contributed by atoms with Gasteiger partial charge in [-0.05, 0) is 34.1 Å². The molecule has 1 aliphatic heterocycles. The maximum absolute atomic E-state index is 13.0. The lowest BCUT2D eigenvalue weighted by molar-refractivity contribution is -0.0538. The number of amides is 1. The van der Waals surface area contributed by atoms with Crippen LogP contribution in [0, 0.1) is 0 Å². The fraction of sp³-hybridized carbons (Fsp3) is 0.105. The zero-order valence-corrected chi connectivity index (χ0v) is 15.0. The van der Waals surface area contributed by atoms with Crippen molar-refractivity contribution in [3.05, 3.63) is 92.1 Å². The molecule has 2 heterocycles. The first-order chi connectivity index (χ1) is 11.6. The standard InChI is InChI=1S/C19H14BrNO2S/c20-17-11-10-14(24-17)12-21-18(22)15-8-4-5-9-16(15)19(21,23)13-6-2-1-3-7-13/h1-11,23H,12H2/t19-/m1/s1. The van der Waals surface area contributed by atoms with Crippen molar-refractivity contribution in [1.29, 1.82) is 0 Å². The molecular weight excluding hydrogens is 386 g/mol. The van der Waals surface area contributed by atoms with E-state index in [0.717, 1.165) is 8.66 Å². The van der Waals surface area contributed by atoms with Crippen molar-refractivity contribution in [2.75, 3.05) is 0 Å². The van der Waals surface area contributed by atoms with Gasteiger partial charge in [0, 0.05) is 21.6 Å². The van der Waals surface area contributed by atoms with E-state index >= 15 is 0 Å². The van der Waals surface area contributed by atoms with Crippen LogP contribution in [0.4, 0.5) is 0 Å². The molecule has 120 valence electrons. The van der Waals surface area contributed by atoms with Gasteiger partial charge >= 0.3 is 0 Å². The van der Waals surface area contributed by atoms with Crippen LogP contribution in [0.3, 0.4) is 0 Å². The van der Waals surface area contributed by atoms with Crippen LogP contribution in [0.2, 0.25) is 0 Å². The summed E-state index contributed by atoms with van der Waals surface area (Å²) < 4.78 is 1.00. The van der Waals surface area contributed by atoms with E-state index in [9.17, 15) is 9.90 Å². The van der Waals surface area contributed by atoms with Crippen molar-refractivity contribution >= 4 is 33.2 Å². The Balaban J connectivity index is 1.86. The van der Waals surface area contributed by atoms with Gasteiger partial charge in [-0.15, -0.1) is 11.3 Å². The highest BCUT2D eigenvalue weighted by molar-refractivity contribution is 9.11. The van der Waals surface area contributed by atoms with Gasteiger partial charge in [-0.25, -0.2) is 0 Å². The monoisotopic (exact) mass is 399 g/mol. The summed E-state index contributed by atoms with van der Waals surface area (Å²) in [6, 6.07) is 20.6. The van der Waals surface area contributed by atoms with E-state index in [1.54, 1.807) is 22.3 Å². The number of hydrogen-bond donors (Lipinski definition) is 1. The first kappa shape index (κ1) is 15.6. The number of thiophene rings is 1. The maximum Gasteiger partial charge on any atom is 0.257 e. The molecule has 5 heteroatoms. The SMILES string of the molecule is O=C1c2ccccc2[C@](O)(c2ccccc2)N1Cc1ccc(Br)s1. The molecule has 3 nitrogen and oxygen atoms in total. The Kier molecular flexibility index (Phi) is 3.79. The molecule has 1 atom stereocenters. The minimum Gasteiger partial charge on any atom is -0.363 e. The van der Waals surface area contributed by atoms with Crippen molar-refractivity contribution in [2.24, 2.45) is 0 Å². The Morgan fingerprint density at radius 2 is 1.71 bits per heavy atom. The van der Waals surface area contributed by atoms with Gasteiger partial charge in [0.25, 0.3) is 5.91 Å². The third-order valence-corrected chi connectivity index (χ3v) is 5.90. The number of carbonyl (C=O) groups is 1. The van der Waals surface area contributed by atoms with Gasteiger partial charge in [-0.3, -0.25) is 9.69 Å². The number of aliphatic hydroxyl groups is 1. The number of rotatable bonds is 3. The van der Waals surface area contributed by atoms with Crippen LogP contribution in [0.5, 0.6) is 0 Å². The predicted octanol–water partition coefficient (Wildman–Crippen LogP) is 4.36. The van der Waals surface area contributed by atoms with Crippen LogP contribution in [0.25, 0.3) is 0 Å². The molecule has 0 bridgehead atoms. The normalized spacial score (nSPS) is 19.6. The zero-order valence-electron chi connectivity index (χ0n) is 12.6. The van der Waals surface area contributed by atoms with Gasteiger partial charge in [0.1, 0.15) is 0 Å². The van der Waals surface area contributed by atoms with E-state index in [2.05, 4.69) is 15.9 Å². The van der Waals surface area contributed by atoms with Gasteiger partial charge < -0.3 is 5.11 Å². The molecule has 2 aromatic carbocycles. The molecule has 0 aliphatic carbocycles. The molecule has 1 amide bonds. The molecule has 0 fully saturated rings. The van der Waals surface area contributed by atoms with Crippen molar-refractivity contribution in [3.63, 3.8) is 0 Å². The fourth-order valence-electron chi connectivity index (χ4n) is 3.17. The summed E-state index contributed by atoms with van der Waals surface area (Å²) in [5, 5.41) is 11.6. The smallest absolute Gasteiger partial charge is 0.257 e. The summed E-state index contributed by atoms with van der Waals surface area (Å²) in [6.07, 6.45) is 0. The summed E-state index contributed by atoms with van der Waals surface area (Å²) in [5.74, 6) is -0.151. The van der Waals surface area contributed by atoms with Crippen LogP contribution >= 0.6 is 27.3 Å². The van der Waals surface area contributed by atoms with E-state index in [1.807, 2.05) is 60.7 Å². The lowest BCUT2D eigenvalue weighted by atomic mass is 9.94.